The normalized spacial score (nSPS) is 21.1. The van der Waals surface area contributed by atoms with E-state index in [9.17, 15) is 9.59 Å². The smallest absolute Gasteiger partial charge is 0.252 e. The van der Waals surface area contributed by atoms with E-state index in [1.807, 2.05) is 17.0 Å². The number of pyridine rings is 1. The van der Waals surface area contributed by atoms with Crippen molar-refractivity contribution in [3.05, 3.63) is 45.7 Å². The minimum absolute atomic E-state index is 0.0235. The summed E-state index contributed by atoms with van der Waals surface area (Å²) in [6, 6.07) is 8.20. The average Bonchev–Trinajstić information content (AvgIpc) is 3.23. The van der Waals surface area contributed by atoms with Gasteiger partial charge in [-0.15, -0.1) is 0 Å². The molecular weight excluding hydrogens is 342 g/mol. The molecule has 0 bridgehead atoms. The summed E-state index contributed by atoms with van der Waals surface area (Å²) in [7, 11) is 0. The van der Waals surface area contributed by atoms with Crippen LogP contribution in [-0.4, -0.2) is 59.6 Å². The number of hydrogen-bond donors (Lipinski definition) is 1. The van der Waals surface area contributed by atoms with Crippen molar-refractivity contribution in [3.63, 3.8) is 0 Å². The Morgan fingerprint density at radius 2 is 2.04 bits per heavy atom. The van der Waals surface area contributed by atoms with Gasteiger partial charge in [0.1, 0.15) is 6.10 Å². The lowest BCUT2D eigenvalue weighted by molar-refractivity contribution is -0.142. The van der Waals surface area contributed by atoms with Crippen LogP contribution < -0.4 is 5.56 Å². The molecular formula is C21H27N3O3. The number of ether oxygens (including phenoxy) is 1. The molecule has 6 nitrogen and oxygen atoms in total. The quantitative estimate of drug-likeness (QED) is 0.894. The summed E-state index contributed by atoms with van der Waals surface area (Å²) < 4.78 is 5.52. The Bertz CT molecular complexity index is 878. The van der Waals surface area contributed by atoms with Crippen molar-refractivity contribution >= 4 is 16.8 Å². The van der Waals surface area contributed by atoms with E-state index in [0.29, 0.717) is 26.2 Å². The van der Waals surface area contributed by atoms with Crippen molar-refractivity contribution in [1.29, 1.82) is 0 Å². The first kappa shape index (κ1) is 18.2. The number of aromatic nitrogens is 1. The summed E-state index contributed by atoms with van der Waals surface area (Å²) in [5.41, 5.74) is 2.91. The number of carbonyl (C=O) groups is 1. The van der Waals surface area contributed by atoms with Gasteiger partial charge in [-0.3, -0.25) is 14.5 Å². The summed E-state index contributed by atoms with van der Waals surface area (Å²) in [6.07, 6.45) is 2.55. The number of aryl methyl sites for hydroxylation is 1. The standard InChI is InChI=1S/C21H27N3O3/c1-2-15-5-6-18-16(12-15)13-17(20(25)22-18)14-23-7-9-24(10-8-23)21(26)19-4-3-11-27-19/h5-6,12-13,19H,2-4,7-11,14H2,1H3,(H,22,25). The Balaban J connectivity index is 1.41. The number of aromatic amines is 1. The van der Waals surface area contributed by atoms with Gasteiger partial charge in [0.25, 0.3) is 11.5 Å². The van der Waals surface area contributed by atoms with E-state index in [4.69, 9.17) is 4.74 Å². The third kappa shape index (κ3) is 3.92. The van der Waals surface area contributed by atoms with E-state index >= 15 is 0 Å². The summed E-state index contributed by atoms with van der Waals surface area (Å²) >= 11 is 0. The summed E-state index contributed by atoms with van der Waals surface area (Å²) in [4.78, 5) is 32.1. The van der Waals surface area contributed by atoms with E-state index in [2.05, 4.69) is 28.9 Å². The second kappa shape index (κ2) is 7.82. The summed E-state index contributed by atoms with van der Waals surface area (Å²) in [6.45, 7) is 6.40. The number of benzene rings is 1. The van der Waals surface area contributed by atoms with Gasteiger partial charge in [0.15, 0.2) is 0 Å². The molecule has 1 aromatic heterocycles. The lowest BCUT2D eigenvalue weighted by atomic mass is 10.1. The molecule has 1 aromatic carbocycles. The highest BCUT2D eigenvalue weighted by Gasteiger charge is 2.30. The number of carbonyl (C=O) groups excluding carboxylic acids is 1. The van der Waals surface area contributed by atoms with E-state index in [1.165, 1.54) is 5.56 Å². The first-order valence-corrected chi connectivity index (χ1v) is 9.91. The maximum absolute atomic E-state index is 12.5. The minimum atomic E-state index is -0.243. The maximum Gasteiger partial charge on any atom is 0.252 e. The Morgan fingerprint density at radius 1 is 1.22 bits per heavy atom. The molecule has 1 N–H and O–H groups in total. The monoisotopic (exact) mass is 369 g/mol. The van der Waals surface area contributed by atoms with Gasteiger partial charge in [0, 0.05) is 50.4 Å². The zero-order valence-electron chi connectivity index (χ0n) is 15.9. The highest BCUT2D eigenvalue weighted by Crippen LogP contribution is 2.18. The molecule has 4 rings (SSSR count). The largest absolute Gasteiger partial charge is 0.368 e. The molecule has 0 saturated carbocycles. The topological polar surface area (TPSA) is 65.6 Å². The second-order valence-corrected chi connectivity index (χ2v) is 7.50. The van der Waals surface area contributed by atoms with Crippen molar-refractivity contribution < 1.29 is 9.53 Å². The van der Waals surface area contributed by atoms with Gasteiger partial charge in [0.2, 0.25) is 0 Å². The third-order valence-corrected chi connectivity index (χ3v) is 5.68. The molecule has 2 saturated heterocycles. The van der Waals surface area contributed by atoms with Crippen LogP contribution in [0.1, 0.15) is 30.9 Å². The average molecular weight is 369 g/mol. The first-order chi connectivity index (χ1) is 13.1. The van der Waals surface area contributed by atoms with Crippen LogP contribution in [0.25, 0.3) is 10.9 Å². The molecule has 2 fully saturated rings. The Kier molecular flexibility index (Phi) is 5.27. The molecule has 2 aliphatic heterocycles. The van der Waals surface area contributed by atoms with Crippen LogP contribution in [0.3, 0.4) is 0 Å². The highest BCUT2D eigenvalue weighted by molar-refractivity contribution is 5.81. The summed E-state index contributed by atoms with van der Waals surface area (Å²) in [5.74, 6) is 0.128. The fourth-order valence-corrected chi connectivity index (χ4v) is 3.98. The minimum Gasteiger partial charge on any atom is -0.368 e. The van der Waals surface area contributed by atoms with Crippen molar-refractivity contribution in [2.24, 2.45) is 0 Å². The van der Waals surface area contributed by atoms with Crippen LogP contribution in [0.2, 0.25) is 0 Å². The molecule has 2 aromatic rings. The number of hydrogen-bond acceptors (Lipinski definition) is 4. The molecule has 0 spiro atoms. The van der Waals surface area contributed by atoms with Crippen molar-refractivity contribution in [2.75, 3.05) is 32.8 Å². The van der Waals surface area contributed by atoms with Crippen molar-refractivity contribution in [3.8, 4) is 0 Å². The number of nitrogens with one attached hydrogen (secondary N) is 1. The predicted octanol–water partition coefficient (Wildman–Crippen LogP) is 1.91. The molecule has 1 amide bonds. The van der Waals surface area contributed by atoms with Crippen LogP contribution in [0.4, 0.5) is 0 Å². The Labute approximate surface area is 159 Å². The molecule has 0 radical (unpaired) electrons. The van der Waals surface area contributed by atoms with E-state index < -0.39 is 0 Å². The van der Waals surface area contributed by atoms with Gasteiger partial charge in [0.05, 0.1) is 0 Å². The number of piperazine rings is 1. The second-order valence-electron chi connectivity index (χ2n) is 7.50. The van der Waals surface area contributed by atoms with Crippen LogP contribution in [0, 0.1) is 0 Å². The van der Waals surface area contributed by atoms with E-state index in [-0.39, 0.29) is 17.6 Å². The molecule has 144 valence electrons. The number of amides is 1. The van der Waals surface area contributed by atoms with Gasteiger partial charge in [-0.05, 0) is 48.4 Å². The zero-order chi connectivity index (χ0) is 18.8. The molecule has 6 heteroatoms. The van der Waals surface area contributed by atoms with Crippen molar-refractivity contribution in [2.45, 2.75) is 38.8 Å². The van der Waals surface area contributed by atoms with Crippen LogP contribution in [-0.2, 0) is 22.5 Å². The molecule has 1 atom stereocenters. The Hall–Kier alpha value is -2.18. The number of fused-ring (bicyclic) bond motifs is 1. The first-order valence-electron chi connectivity index (χ1n) is 9.91. The molecule has 0 aliphatic carbocycles. The van der Waals surface area contributed by atoms with Crippen LogP contribution >= 0.6 is 0 Å². The van der Waals surface area contributed by atoms with Crippen LogP contribution in [0.5, 0.6) is 0 Å². The van der Waals surface area contributed by atoms with E-state index in [1.54, 1.807) is 0 Å². The van der Waals surface area contributed by atoms with Crippen LogP contribution in [0.15, 0.2) is 29.1 Å². The van der Waals surface area contributed by atoms with Gasteiger partial charge in [-0.25, -0.2) is 0 Å². The molecule has 2 aliphatic rings. The summed E-state index contributed by atoms with van der Waals surface area (Å²) in [5, 5.41) is 1.08. The molecule has 27 heavy (non-hydrogen) atoms. The predicted molar refractivity (Wildman–Crippen MR) is 105 cm³/mol. The van der Waals surface area contributed by atoms with Gasteiger partial charge >= 0.3 is 0 Å². The van der Waals surface area contributed by atoms with Gasteiger partial charge in [-0.2, -0.15) is 0 Å². The fraction of sp³-hybridized carbons (Fsp3) is 0.524. The number of H-pyrrole nitrogens is 1. The number of nitrogens with zero attached hydrogens (tertiary/aromatic N) is 2. The molecule has 1 unspecified atom stereocenters. The number of rotatable bonds is 4. The third-order valence-electron chi connectivity index (χ3n) is 5.68. The fourth-order valence-electron chi connectivity index (χ4n) is 3.98. The zero-order valence-corrected chi connectivity index (χ0v) is 15.9. The maximum atomic E-state index is 12.5. The lowest BCUT2D eigenvalue weighted by Gasteiger charge is -2.35. The lowest BCUT2D eigenvalue weighted by Crippen LogP contribution is -2.51. The molecule has 3 heterocycles. The van der Waals surface area contributed by atoms with E-state index in [0.717, 1.165) is 48.8 Å². The Morgan fingerprint density at radius 3 is 2.74 bits per heavy atom. The highest BCUT2D eigenvalue weighted by atomic mass is 16.5. The van der Waals surface area contributed by atoms with Gasteiger partial charge in [-0.1, -0.05) is 13.0 Å². The van der Waals surface area contributed by atoms with Gasteiger partial charge < -0.3 is 14.6 Å². The van der Waals surface area contributed by atoms with Crippen molar-refractivity contribution in [1.82, 2.24) is 14.8 Å². The SMILES string of the molecule is CCc1ccc2[nH]c(=O)c(CN3CCN(C(=O)C4CCCO4)CC3)cc2c1.